The van der Waals surface area contributed by atoms with Crippen molar-refractivity contribution in [3.8, 4) is 0 Å². The number of rotatable bonds is 3. The molecule has 1 aromatic heterocycles. The number of piperidine rings is 1. The lowest BCUT2D eigenvalue weighted by atomic mass is 9.94. The summed E-state index contributed by atoms with van der Waals surface area (Å²) in [5.41, 5.74) is 0.300. The van der Waals surface area contributed by atoms with E-state index in [4.69, 9.17) is 11.6 Å². The van der Waals surface area contributed by atoms with E-state index in [1.54, 1.807) is 11.9 Å². The third-order valence-corrected chi connectivity index (χ3v) is 4.25. The maximum absolute atomic E-state index is 12.4. The Morgan fingerprint density at radius 1 is 1.50 bits per heavy atom. The first-order chi connectivity index (χ1) is 9.40. The normalized spacial score (nSPS) is 18.1. The van der Waals surface area contributed by atoms with Gasteiger partial charge in [0, 0.05) is 31.6 Å². The predicted molar refractivity (Wildman–Crippen MR) is 76.0 cm³/mol. The van der Waals surface area contributed by atoms with E-state index in [-0.39, 0.29) is 17.0 Å². The number of carbonyl (C=O) groups excluding carboxylic acids is 1. The van der Waals surface area contributed by atoms with Crippen molar-refractivity contribution in [1.29, 1.82) is 0 Å². The number of nitro groups is 1. The Hall–Kier alpha value is -1.56. The van der Waals surface area contributed by atoms with Crippen LogP contribution < -0.4 is 0 Å². The molecule has 0 bridgehead atoms. The molecule has 1 aliphatic rings. The van der Waals surface area contributed by atoms with Crippen LogP contribution >= 0.6 is 11.6 Å². The van der Waals surface area contributed by atoms with Crippen LogP contribution in [0, 0.1) is 16.0 Å². The first-order valence-corrected chi connectivity index (χ1v) is 7.08. The first-order valence-electron chi connectivity index (χ1n) is 6.64. The van der Waals surface area contributed by atoms with Gasteiger partial charge in [-0.3, -0.25) is 14.9 Å². The van der Waals surface area contributed by atoms with Crippen molar-refractivity contribution in [2.24, 2.45) is 13.0 Å². The number of halogens is 1. The molecule has 0 aliphatic carbocycles. The summed E-state index contributed by atoms with van der Waals surface area (Å²) in [5, 5.41) is 10.9. The van der Waals surface area contributed by atoms with E-state index in [0.29, 0.717) is 24.7 Å². The predicted octanol–water partition coefficient (Wildman–Crippen LogP) is 2.41. The largest absolute Gasteiger partial charge is 0.340 e. The van der Waals surface area contributed by atoms with E-state index in [9.17, 15) is 14.9 Å². The number of hydrogen-bond donors (Lipinski definition) is 0. The molecule has 0 spiro atoms. The molecular weight excluding hydrogens is 282 g/mol. The molecule has 1 saturated heterocycles. The van der Waals surface area contributed by atoms with Gasteiger partial charge in [-0.05, 0) is 25.7 Å². The third kappa shape index (κ3) is 2.95. The molecule has 0 N–H and O–H groups in total. The van der Waals surface area contributed by atoms with Crippen molar-refractivity contribution in [3.63, 3.8) is 0 Å². The van der Waals surface area contributed by atoms with Crippen LogP contribution in [0.2, 0.25) is 0 Å². The average Bonchev–Trinajstić information content (AvgIpc) is 2.80. The van der Waals surface area contributed by atoms with E-state index >= 15 is 0 Å². The second kappa shape index (κ2) is 5.83. The van der Waals surface area contributed by atoms with Gasteiger partial charge in [0.1, 0.15) is 5.69 Å². The van der Waals surface area contributed by atoms with Gasteiger partial charge < -0.3 is 9.47 Å². The molecule has 1 amide bonds. The fraction of sp³-hybridized carbons (Fsp3) is 0.615. The van der Waals surface area contributed by atoms with Crippen molar-refractivity contribution in [2.45, 2.75) is 25.1 Å². The van der Waals surface area contributed by atoms with Gasteiger partial charge in [-0.25, -0.2) is 0 Å². The summed E-state index contributed by atoms with van der Waals surface area (Å²) in [6, 6.07) is 1.33. The van der Waals surface area contributed by atoms with E-state index < -0.39 is 4.92 Å². The maximum Gasteiger partial charge on any atom is 0.287 e. The van der Waals surface area contributed by atoms with E-state index in [2.05, 4.69) is 0 Å². The smallest absolute Gasteiger partial charge is 0.287 e. The summed E-state index contributed by atoms with van der Waals surface area (Å²) in [6.07, 6.45) is 3.12. The molecule has 7 heteroatoms. The summed E-state index contributed by atoms with van der Waals surface area (Å²) >= 11 is 6.08. The summed E-state index contributed by atoms with van der Waals surface area (Å²) in [4.78, 5) is 24.4. The van der Waals surface area contributed by atoms with Crippen LogP contribution in [-0.2, 0) is 7.05 Å². The van der Waals surface area contributed by atoms with Crippen molar-refractivity contribution in [2.75, 3.05) is 13.1 Å². The van der Waals surface area contributed by atoms with Gasteiger partial charge in [0.15, 0.2) is 0 Å². The molecule has 1 aromatic rings. The van der Waals surface area contributed by atoms with Crippen LogP contribution in [0.1, 0.15) is 30.3 Å². The van der Waals surface area contributed by atoms with Crippen LogP contribution in [-0.4, -0.2) is 38.8 Å². The maximum atomic E-state index is 12.4. The number of amides is 1. The lowest BCUT2D eigenvalue weighted by Gasteiger charge is -2.33. The molecule has 110 valence electrons. The zero-order valence-corrected chi connectivity index (χ0v) is 12.3. The molecular formula is C13H18ClN3O3. The molecule has 6 nitrogen and oxygen atoms in total. The van der Waals surface area contributed by atoms with Crippen LogP contribution in [0.15, 0.2) is 12.3 Å². The number of aryl methyl sites for hydroxylation is 1. The number of aromatic nitrogens is 1. The molecule has 1 fully saturated rings. The minimum Gasteiger partial charge on any atom is -0.340 e. The Kier molecular flexibility index (Phi) is 4.32. The van der Waals surface area contributed by atoms with Gasteiger partial charge in [0.05, 0.1) is 11.1 Å². The number of alkyl halides is 1. The van der Waals surface area contributed by atoms with Crippen molar-refractivity contribution in [3.05, 3.63) is 28.1 Å². The fourth-order valence-corrected chi connectivity index (χ4v) is 2.84. The zero-order chi connectivity index (χ0) is 14.9. The fourth-order valence-electron chi connectivity index (χ4n) is 2.58. The zero-order valence-electron chi connectivity index (χ0n) is 11.6. The quantitative estimate of drug-likeness (QED) is 0.489. The molecule has 2 heterocycles. The summed E-state index contributed by atoms with van der Waals surface area (Å²) in [6.45, 7) is 3.28. The summed E-state index contributed by atoms with van der Waals surface area (Å²) in [7, 11) is 1.65. The van der Waals surface area contributed by atoms with E-state index in [1.807, 2.05) is 6.92 Å². The molecule has 0 saturated carbocycles. The van der Waals surface area contributed by atoms with Gasteiger partial charge >= 0.3 is 0 Å². The van der Waals surface area contributed by atoms with E-state index in [0.717, 1.165) is 12.8 Å². The average molecular weight is 300 g/mol. The van der Waals surface area contributed by atoms with Gasteiger partial charge in [-0.15, -0.1) is 11.6 Å². The first kappa shape index (κ1) is 14.8. The number of carbonyl (C=O) groups is 1. The number of likely N-dealkylation sites (tertiary alicyclic amines) is 1. The van der Waals surface area contributed by atoms with Crippen LogP contribution in [0.4, 0.5) is 5.69 Å². The van der Waals surface area contributed by atoms with Gasteiger partial charge in [-0.2, -0.15) is 0 Å². The Morgan fingerprint density at radius 3 is 2.55 bits per heavy atom. The molecule has 1 unspecified atom stereocenters. The van der Waals surface area contributed by atoms with Crippen molar-refractivity contribution in [1.82, 2.24) is 9.47 Å². The third-order valence-electron chi connectivity index (χ3n) is 3.90. The van der Waals surface area contributed by atoms with Crippen LogP contribution in [0.3, 0.4) is 0 Å². The summed E-state index contributed by atoms with van der Waals surface area (Å²) < 4.78 is 1.51. The molecule has 2 rings (SSSR count). The minimum absolute atomic E-state index is 0.0554. The topological polar surface area (TPSA) is 68.4 Å². The molecule has 1 atom stereocenters. The second-order valence-electron chi connectivity index (χ2n) is 5.26. The summed E-state index contributed by atoms with van der Waals surface area (Å²) in [5.74, 6) is 0.282. The standard InChI is InChI=1S/C13H18ClN3O3/c1-9(14)10-3-5-16(6-4-10)13(18)12-7-11(17(19)20)8-15(12)2/h7-10H,3-6H2,1-2H3. The van der Waals surface area contributed by atoms with E-state index in [1.165, 1.54) is 16.8 Å². The lowest BCUT2D eigenvalue weighted by Crippen LogP contribution is -2.40. The molecule has 0 aromatic carbocycles. The van der Waals surface area contributed by atoms with Crippen molar-refractivity contribution < 1.29 is 9.72 Å². The van der Waals surface area contributed by atoms with Crippen molar-refractivity contribution >= 4 is 23.2 Å². The highest BCUT2D eigenvalue weighted by molar-refractivity contribution is 6.20. The Morgan fingerprint density at radius 2 is 2.10 bits per heavy atom. The Bertz CT molecular complexity index is 519. The Balaban J connectivity index is 2.07. The van der Waals surface area contributed by atoms with Crippen LogP contribution in [0.25, 0.3) is 0 Å². The lowest BCUT2D eigenvalue weighted by molar-refractivity contribution is -0.384. The van der Waals surface area contributed by atoms with Gasteiger partial charge in [-0.1, -0.05) is 0 Å². The molecule has 0 radical (unpaired) electrons. The number of nitrogens with zero attached hydrogens (tertiary/aromatic N) is 3. The second-order valence-corrected chi connectivity index (χ2v) is 5.95. The minimum atomic E-state index is -0.488. The molecule has 1 aliphatic heterocycles. The van der Waals surface area contributed by atoms with Crippen LogP contribution in [0.5, 0.6) is 0 Å². The highest BCUT2D eigenvalue weighted by atomic mass is 35.5. The Labute approximate surface area is 122 Å². The van der Waals surface area contributed by atoms with Gasteiger partial charge in [0.25, 0.3) is 11.6 Å². The SMILES string of the molecule is CC(Cl)C1CCN(C(=O)c2cc([N+](=O)[O-])cn2C)CC1. The van der Waals surface area contributed by atoms with Gasteiger partial charge in [0.2, 0.25) is 0 Å². The highest BCUT2D eigenvalue weighted by Gasteiger charge is 2.28. The molecule has 20 heavy (non-hydrogen) atoms. The highest BCUT2D eigenvalue weighted by Crippen LogP contribution is 2.25. The monoisotopic (exact) mass is 299 g/mol. The number of hydrogen-bond acceptors (Lipinski definition) is 3.